The van der Waals surface area contributed by atoms with Crippen molar-refractivity contribution in [2.24, 2.45) is 0 Å². The quantitative estimate of drug-likeness (QED) is 0.825. The summed E-state index contributed by atoms with van der Waals surface area (Å²) in [7, 11) is 0. The van der Waals surface area contributed by atoms with Crippen LogP contribution >= 0.6 is 11.3 Å². The SMILES string of the molecule is CCOC(=O)c1sc(Nc2ccc(C(=O)O)cc2)nc1C. The normalized spacial score (nSPS) is 10.2. The average molecular weight is 306 g/mol. The molecule has 7 heteroatoms. The number of carbonyl (C=O) groups excluding carboxylic acids is 1. The van der Waals surface area contributed by atoms with E-state index in [-0.39, 0.29) is 11.5 Å². The zero-order chi connectivity index (χ0) is 15.4. The molecule has 0 aliphatic heterocycles. The number of hydrogen-bond acceptors (Lipinski definition) is 6. The van der Waals surface area contributed by atoms with Gasteiger partial charge in [0, 0.05) is 5.69 Å². The Bertz CT molecular complexity index is 664. The summed E-state index contributed by atoms with van der Waals surface area (Å²) in [6.45, 7) is 3.80. The van der Waals surface area contributed by atoms with E-state index in [1.165, 1.54) is 23.5 Å². The minimum atomic E-state index is -0.976. The Hall–Kier alpha value is -2.41. The molecule has 0 radical (unpaired) electrons. The van der Waals surface area contributed by atoms with Crippen LogP contribution in [0.3, 0.4) is 0 Å². The van der Waals surface area contributed by atoms with Crippen LogP contribution < -0.4 is 5.32 Å². The van der Waals surface area contributed by atoms with E-state index in [0.29, 0.717) is 28.0 Å². The number of hydrogen-bond donors (Lipinski definition) is 2. The predicted octanol–water partition coefficient (Wildman–Crippen LogP) is 3.07. The van der Waals surface area contributed by atoms with Gasteiger partial charge >= 0.3 is 11.9 Å². The maximum Gasteiger partial charge on any atom is 0.350 e. The van der Waals surface area contributed by atoms with E-state index in [4.69, 9.17) is 9.84 Å². The standard InChI is InChI=1S/C14H14N2O4S/c1-3-20-13(19)11-8(2)15-14(21-11)16-10-6-4-9(5-7-10)12(17)18/h4-7H,3H2,1-2H3,(H,15,16)(H,17,18). The lowest BCUT2D eigenvalue weighted by molar-refractivity contribution is 0.0530. The van der Waals surface area contributed by atoms with Crippen molar-refractivity contribution in [3.05, 3.63) is 40.4 Å². The van der Waals surface area contributed by atoms with Gasteiger partial charge in [-0.2, -0.15) is 0 Å². The first-order valence-electron chi connectivity index (χ1n) is 6.26. The summed E-state index contributed by atoms with van der Waals surface area (Å²) in [5, 5.41) is 12.4. The summed E-state index contributed by atoms with van der Waals surface area (Å²) in [5.74, 6) is -1.36. The van der Waals surface area contributed by atoms with Gasteiger partial charge in [0.05, 0.1) is 17.9 Å². The fraction of sp³-hybridized carbons (Fsp3) is 0.214. The van der Waals surface area contributed by atoms with Gasteiger partial charge in [-0.3, -0.25) is 0 Å². The molecule has 0 saturated heterocycles. The summed E-state index contributed by atoms with van der Waals surface area (Å²) in [6.07, 6.45) is 0. The summed E-state index contributed by atoms with van der Waals surface area (Å²) in [6, 6.07) is 6.28. The number of aromatic nitrogens is 1. The van der Waals surface area contributed by atoms with Crippen molar-refractivity contribution in [1.82, 2.24) is 4.98 Å². The second-order valence-corrected chi connectivity index (χ2v) is 5.16. The number of benzene rings is 1. The predicted molar refractivity (Wildman–Crippen MR) is 79.5 cm³/mol. The van der Waals surface area contributed by atoms with E-state index in [9.17, 15) is 9.59 Å². The second-order valence-electron chi connectivity index (χ2n) is 4.16. The van der Waals surface area contributed by atoms with Gasteiger partial charge in [-0.15, -0.1) is 0 Å². The zero-order valence-corrected chi connectivity index (χ0v) is 12.4. The molecule has 0 spiro atoms. The lowest BCUT2D eigenvalue weighted by atomic mass is 10.2. The maximum atomic E-state index is 11.7. The van der Waals surface area contributed by atoms with Gasteiger partial charge in [-0.25, -0.2) is 14.6 Å². The number of carboxylic acid groups (broad SMARTS) is 1. The molecule has 0 fully saturated rings. The third-order valence-corrected chi connectivity index (χ3v) is 3.69. The third-order valence-electron chi connectivity index (χ3n) is 2.64. The molecule has 0 saturated carbocycles. The number of carboxylic acids is 1. The number of rotatable bonds is 5. The number of ether oxygens (including phenoxy) is 1. The highest BCUT2D eigenvalue weighted by Gasteiger charge is 2.16. The second kappa shape index (κ2) is 6.36. The van der Waals surface area contributed by atoms with E-state index < -0.39 is 5.97 Å². The number of nitrogens with zero attached hydrogens (tertiary/aromatic N) is 1. The fourth-order valence-corrected chi connectivity index (χ4v) is 2.54. The average Bonchev–Trinajstić information content (AvgIpc) is 2.80. The molecule has 2 aromatic rings. The largest absolute Gasteiger partial charge is 0.478 e. The summed E-state index contributed by atoms with van der Waals surface area (Å²) >= 11 is 1.20. The van der Waals surface area contributed by atoms with Crippen LogP contribution in [0.5, 0.6) is 0 Å². The molecule has 1 aromatic carbocycles. The van der Waals surface area contributed by atoms with Crippen LogP contribution in [0.15, 0.2) is 24.3 Å². The highest BCUT2D eigenvalue weighted by Crippen LogP contribution is 2.26. The van der Waals surface area contributed by atoms with E-state index in [2.05, 4.69) is 10.3 Å². The van der Waals surface area contributed by atoms with Crippen LogP contribution in [0.25, 0.3) is 0 Å². The van der Waals surface area contributed by atoms with Crippen molar-refractivity contribution < 1.29 is 19.4 Å². The summed E-state index contributed by atoms with van der Waals surface area (Å²) in [5.41, 5.74) is 1.51. The fourth-order valence-electron chi connectivity index (χ4n) is 1.66. The number of anilines is 2. The molecule has 0 amide bonds. The third kappa shape index (κ3) is 3.57. The Morgan fingerprint density at radius 3 is 2.57 bits per heavy atom. The molecule has 110 valence electrons. The van der Waals surface area contributed by atoms with Crippen molar-refractivity contribution in [1.29, 1.82) is 0 Å². The van der Waals surface area contributed by atoms with E-state index in [1.807, 2.05) is 0 Å². The summed E-state index contributed by atoms with van der Waals surface area (Å²) < 4.78 is 4.95. The van der Waals surface area contributed by atoms with Crippen LogP contribution in [0.4, 0.5) is 10.8 Å². The number of thiazole rings is 1. The van der Waals surface area contributed by atoms with Crippen LogP contribution in [-0.2, 0) is 4.74 Å². The molecule has 1 aromatic heterocycles. The molecule has 21 heavy (non-hydrogen) atoms. The van der Waals surface area contributed by atoms with Gasteiger partial charge in [0.15, 0.2) is 5.13 Å². The van der Waals surface area contributed by atoms with Crippen LogP contribution in [0, 0.1) is 6.92 Å². The van der Waals surface area contributed by atoms with Crippen LogP contribution in [0.1, 0.15) is 32.6 Å². The topological polar surface area (TPSA) is 88.5 Å². The van der Waals surface area contributed by atoms with Gasteiger partial charge in [0.25, 0.3) is 0 Å². The van der Waals surface area contributed by atoms with Crippen molar-refractivity contribution in [3.8, 4) is 0 Å². The number of aromatic carboxylic acids is 1. The Labute approximate surface area is 125 Å². The Balaban J connectivity index is 2.14. The Morgan fingerprint density at radius 2 is 2.00 bits per heavy atom. The van der Waals surface area contributed by atoms with Gasteiger partial charge in [-0.1, -0.05) is 11.3 Å². The Kier molecular flexibility index (Phi) is 4.54. The smallest absolute Gasteiger partial charge is 0.350 e. The molecule has 0 atom stereocenters. The van der Waals surface area contributed by atoms with E-state index in [0.717, 1.165) is 0 Å². The highest BCUT2D eigenvalue weighted by atomic mass is 32.1. The molecule has 0 aliphatic carbocycles. The molecule has 2 rings (SSSR count). The lowest BCUT2D eigenvalue weighted by Gasteiger charge is -2.02. The monoisotopic (exact) mass is 306 g/mol. The first-order chi connectivity index (χ1) is 10.0. The van der Waals surface area contributed by atoms with Gasteiger partial charge < -0.3 is 15.2 Å². The van der Waals surface area contributed by atoms with Crippen molar-refractivity contribution in [2.75, 3.05) is 11.9 Å². The maximum absolute atomic E-state index is 11.7. The van der Waals surface area contributed by atoms with E-state index in [1.54, 1.807) is 26.0 Å². The van der Waals surface area contributed by atoms with E-state index >= 15 is 0 Å². The Morgan fingerprint density at radius 1 is 1.33 bits per heavy atom. The molecular formula is C14H14N2O4S. The van der Waals surface area contributed by atoms with Crippen molar-refractivity contribution in [2.45, 2.75) is 13.8 Å². The molecular weight excluding hydrogens is 292 g/mol. The first kappa shape index (κ1) is 15.0. The molecule has 2 N–H and O–H groups in total. The lowest BCUT2D eigenvalue weighted by Crippen LogP contribution is -2.03. The number of esters is 1. The number of carbonyl (C=O) groups is 2. The van der Waals surface area contributed by atoms with Gasteiger partial charge in [0.2, 0.25) is 0 Å². The minimum Gasteiger partial charge on any atom is -0.478 e. The zero-order valence-electron chi connectivity index (χ0n) is 11.5. The van der Waals surface area contributed by atoms with Crippen LogP contribution in [-0.4, -0.2) is 28.6 Å². The van der Waals surface area contributed by atoms with Gasteiger partial charge in [0.1, 0.15) is 4.88 Å². The van der Waals surface area contributed by atoms with Crippen molar-refractivity contribution in [3.63, 3.8) is 0 Å². The molecule has 0 bridgehead atoms. The van der Waals surface area contributed by atoms with Crippen LogP contribution in [0.2, 0.25) is 0 Å². The molecule has 0 aliphatic rings. The number of aryl methyl sites for hydroxylation is 1. The van der Waals surface area contributed by atoms with Gasteiger partial charge in [-0.05, 0) is 38.1 Å². The number of nitrogens with one attached hydrogen (secondary N) is 1. The highest BCUT2D eigenvalue weighted by molar-refractivity contribution is 7.17. The molecule has 0 unspecified atom stereocenters. The first-order valence-corrected chi connectivity index (χ1v) is 7.08. The molecule has 6 nitrogen and oxygen atoms in total. The van der Waals surface area contributed by atoms with Crippen molar-refractivity contribution >= 4 is 34.1 Å². The molecule has 1 heterocycles. The minimum absolute atomic E-state index is 0.211. The summed E-state index contributed by atoms with van der Waals surface area (Å²) in [4.78, 5) is 27.2.